The summed E-state index contributed by atoms with van der Waals surface area (Å²) in [6, 6.07) is 6.22. The minimum atomic E-state index is -0.108. The fourth-order valence-corrected chi connectivity index (χ4v) is 1.40. The zero-order valence-corrected chi connectivity index (χ0v) is 9.66. The van der Waals surface area contributed by atoms with E-state index in [0.717, 1.165) is 6.54 Å². The molecule has 4 heteroatoms. The van der Waals surface area contributed by atoms with Gasteiger partial charge in [-0.25, -0.2) is 0 Å². The molecule has 0 aromatic heterocycles. The lowest BCUT2D eigenvalue weighted by Crippen LogP contribution is -2.32. The molecule has 0 radical (unpaired) electrons. The molecule has 3 N–H and O–H groups in total. The number of carbonyl (C=O) groups is 1. The van der Waals surface area contributed by atoms with Gasteiger partial charge in [-0.05, 0) is 43.8 Å². The molecule has 16 heavy (non-hydrogen) atoms. The molecule has 0 aliphatic rings. The van der Waals surface area contributed by atoms with Gasteiger partial charge in [0.15, 0.2) is 0 Å². The second-order valence-electron chi connectivity index (χ2n) is 3.92. The van der Waals surface area contributed by atoms with Gasteiger partial charge in [-0.15, -0.1) is 0 Å². The molecule has 0 spiro atoms. The summed E-state index contributed by atoms with van der Waals surface area (Å²) in [7, 11) is 1.89. The molecular weight excluding hydrogens is 204 g/mol. The highest BCUT2D eigenvalue weighted by atomic mass is 16.3. The van der Waals surface area contributed by atoms with Crippen LogP contribution in [0.5, 0.6) is 5.75 Å². The zero-order chi connectivity index (χ0) is 12.0. The molecule has 0 heterocycles. The Morgan fingerprint density at radius 2 is 1.94 bits per heavy atom. The van der Waals surface area contributed by atoms with Crippen LogP contribution in [0.25, 0.3) is 0 Å². The van der Waals surface area contributed by atoms with Crippen molar-refractivity contribution < 1.29 is 9.90 Å². The monoisotopic (exact) mass is 222 g/mol. The lowest BCUT2D eigenvalue weighted by Gasteiger charge is -2.11. The largest absolute Gasteiger partial charge is 0.508 e. The highest BCUT2D eigenvalue weighted by molar-refractivity contribution is 5.94. The third-order valence-corrected chi connectivity index (χ3v) is 2.29. The summed E-state index contributed by atoms with van der Waals surface area (Å²) in [6.07, 6.45) is 0. The van der Waals surface area contributed by atoms with Gasteiger partial charge in [0, 0.05) is 12.1 Å². The molecule has 0 saturated heterocycles. The van der Waals surface area contributed by atoms with Crippen molar-refractivity contribution in [2.75, 3.05) is 20.1 Å². The van der Waals surface area contributed by atoms with Gasteiger partial charge in [-0.3, -0.25) is 4.79 Å². The van der Waals surface area contributed by atoms with E-state index in [4.69, 9.17) is 5.11 Å². The van der Waals surface area contributed by atoms with E-state index in [9.17, 15) is 4.79 Å². The Morgan fingerprint density at radius 3 is 2.50 bits per heavy atom. The van der Waals surface area contributed by atoms with Crippen LogP contribution >= 0.6 is 0 Å². The number of nitrogens with one attached hydrogen (secondary N) is 2. The Morgan fingerprint density at radius 1 is 1.31 bits per heavy atom. The van der Waals surface area contributed by atoms with E-state index in [1.165, 1.54) is 12.1 Å². The Labute approximate surface area is 95.7 Å². The lowest BCUT2D eigenvalue weighted by atomic mass is 10.1. The molecule has 0 fully saturated rings. The van der Waals surface area contributed by atoms with E-state index in [0.29, 0.717) is 18.0 Å². The Bertz CT molecular complexity index is 335. The molecule has 4 nitrogen and oxygen atoms in total. The van der Waals surface area contributed by atoms with Crippen molar-refractivity contribution in [3.63, 3.8) is 0 Å². The van der Waals surface area contributed by atoms with Crippen molar-refractivity contribution in [1.82, 2.24) is 10.6 Å². The van der Waals surface area contributed by atoms with Gasteiger partial charge in [0.1, 0.15) is 5.75 Å². The normalized spacial score (nSPS) is 12.1. The van der Waals surface area contributed by atoms with E-state index >= 15 is 0 Å². The molecule has 88 valence electrons. The van der Waals surface area contributed by atoms with Crippen molar-refractivity contribution in [1.29, 1.82) is 0 Å². The van der Waals surface area contributed by atoms with Crippen LogP contribution in [0.2, 0.25) is 0 Å². The number of benzene rings is 1. The van der Waals surface area contributed by atoms with Crippen molar-refractivity contribution >= 4 is 5.91 Å². The molecule has 1 atom stereocenters. The van der Waals surface area contributed by atoms with E-state index in [2.05, 4.69) is 17.6 Å². The maximum atomic E-state index is 11.7. The fraction of sp³-hybridized carbons (Fsp3) is 0.417. The quantitative estimate of drug-likeness (QED) is 0.696. The SMILES string of the molecule is CNCC(C)CNC(=O)c1ccc(O)cc1. The standard InChI is InChI=1S/C12H18N2O2/c1-9(7-13-2)8-14-12(16)10-3-5-11(15)6-4-10/h3-6,9,13,15H,7-8H2,1-2H3,(H,14,16). The number of carbonyl (C=O) groups excluding carboxylic acids is 1. The second kappa shape index (κ2) is 6.12. The van der Waals surface area contributed by atoms with Crippen LogP contribution in [0.4, 0.5) is 0 Å². The van der Waals surface area contributed by atoms with Crippen LogP contribution < -0.4 is 10.6 Å². The molecule has 0 saturated carbocycles. The minimum absolute atomic E-state index is 0.108. The van der Waals surface area contributed by atoms with Crippen LogP contribution in [-0.2, 0) is 0 Å². The van der Waals surface area contributed by atoms with Crippen molar-refractivity contribution in [3.05, 3.63) is 29.8 Å². The van der Waals surface area contributed by atoms with Crippen LogP contribution in [0.15, 0.2) is 24.3 Å². The van der Waals surface area contributed by atoms with Gasteiger partial charge >= 0.3 is 0 Å². The Kier molecular flexibility index (Phi) is 4.79. The number of hydrogen-bond donors (Lipinski definition) is 3. The minimum Gasteiger partial charge on any atom is -0.508 e. The second-order valence-corrected chi connectivity index (χ2v) is 3.92. The molecule has 0 bridgehead atoms. The van der Waals surface area contributed by atoms with Crippen molar-refractivity contribution in [3.8, 4) is 5.75 Å². The molecule has 0 aliphatic carbocycles. The summed E-state index contributed by atoms with van der Waals surface area (Å²) < 4.78 is 0. The summed E-state index contributed by atoms with van der Waals surface area (Å²) in [5, 5.41) is 15.0. The number of phenolic OH excluding ortho intramolecular Hbond substituents is 1. The Hall–Kier alpha value is -1.55. The summed E-state index contributed by atoms with van der Waals surface area (Å²) in [5.74, 6) is 0.453. The number of amides is 1. The van der Waals surface area contributed by atoms with Gasteiger partial charge in [0.2, 0.25) is 0 Å². The third kappa shape index (κ3) is 3.90. The highest BCUT2D eigenvalue weighted by Gasteiger charge is 2.06. The summed E-state index contributed by atoms with van der Waals surface area (Å²) in [4.78, 5) is 11.7. The van der Waals surface area contributed by atoms with Gasteiger partial charge < -0.3 is 15.7 Å². The van der Waals surface area contributed by atoms with E-state index in [1.54, 1.807) is 12.1 Å². The zero-order valence-electron chi connectivity index (χ0n) is 9.66. The molecule has 0 aliphatic heterocycles. The lowest BCUT2D eigenvalue weighted by molar-refractivity contribution is 0.0948. The van der Waals surface area contributed by atoms with Gasteiger partial charge in [-0.1, -0.05) is 6.92 Å². The Balaban J connectivity index is 2.43. The summed E-state index contributed by atoms with van der Waals surface area (Å²) >= 11 is 0. The number of hydrogen-bond acceptors (Lipinski definition) is 3. The maximum Gasteiger partial charge on any atom is 0.251 e. The van der Waals surface area contributed by atoms with Crippen LogP contribution in [0.1, 0.15) is 17.3 Å². The van der Waals surface area contributed by atoms with E-state index in [1.807, 2.05) is 7.05 Å². The predicted octanol–water partition coefficient (Wildman–Crippen LogP) is 0.977. The van der Waals surface area contributed by atoms with Crippen LogP contribution in [-0.4, -0.2) is 31.2 Å². The highest BCUT2D eigenvalue weighted by Crippen LogP contribution is 2.09. The molecule has 1 unspecified atom stereocenters. The first-order chi connectivity index (χ1) is 7.63. The molecular formula is C12H18N2O2. The smallest absolute Gasteiger partial charge is 0.251 e. The average Bonchev–Trinajstić information content (AvgIpc) is 2.27. The first kappa shape index (κ1) is 12.5. The third-order valence-electron chi connectivity index (χ3n) is 2.29. The first-order valence-corrected chi connectivity index (χ1v) is 5.35. The number of rotatable bonds is 5. The average molecular weight is 222 g/mol. The van der Waals surface area contributed by atoms with Gasteiger partial charge in [0.05, 0.1) is 0 Å². The first-order valence-electron chi connectivity index (χ1n) is 5.35. The van der Waals surface area contributed by atoms with Crippen molar-refractivity contribution in [2.24, 2.45) is 5.92 Å². The molecule has 1 amide bonds. The van der Waals surface area contributed by atoms with Gasteiger partial charge in [-0.2, -0.15) is 0 Å². The van der Waals surface area contributed by atoms with Crippen molar-refractivity contribution in [2.45, 2.75) is 6.92 Å². The fourth-order valence-electron chi connectivity index (χ4n) is 1.40. The summed E-state index contributed by atoms with van der Waals surface area (Å²) in [5.41, 5.74) is 0.564. The summed E-state index contributed by atoms with van der Waals surface area (Å²) in [6.45, 7) is 3.57. The topological polar surface area (TPSA) is 61.4 Å². The van der Waals surface area contributed by atoms with Crippen LogP contribution in [0.3, 0.4) is 0 Å². The van der Waals surface area contributed by atoms with Gasteiger partial charge in [0.25, 0.3) is 5.91 Å². The maximum absolute atomic E-state index is 11.7. The number of phenols is 1. The van der Waals surface area contributed by atoms with Crippen LogP contribution in [0, 0.1) is 5.92 Å². The van der Waals surface area contributed by atoms with E-state index < -0.39 is 0 Å². The van der Waals surface area contributed by atoms with E-state index in [-0.39, 0.29) is 11.7 Å². The molecule has 1 aromatic carbocycles. The molecule has 1 rings (SSSR count). The number of aromatic hydroxyl groups is 1. The molecule has 1 aromatic rings. The predicted molar refractivity (Wildman–Crippen MR) is 63.5 cm³/mol.